The van der Waals surface area contributed by atoms with Gasteiger partial charge in [0.15, 0.2) is 0 Å². The Morgan fingerprint density at radius 1 is 1.18 bits per heavy atom. The van der Waals surface area contributed by atoms with Crippen LogP contribution in [0.25, 0.3) is 0 Å². The summed E-state index contributed by atoms with van der Waals surface area (Å²) >= 11 is 1.53. The van der Waals surface area contributed by atoms with Crippen molar-refractivity contribution in [2.24, 2.45) is 0 Å². The highest BCUT2D eigenvalue weighted by Crippen LogP contribution is 2.20. The van der Waals surface area contributed by atoms with Gasteiger partial charge in [0.2, 0.25) is 11.6 Å². The predicted octanol–water partition coefficient (Wildman–Crippen LogP) is 2.16. The van der Waals surface area contributed by atoms with E-state index in [-0.39, 0.29) is 12.2 Å². The van der Waals surface area contributed by atoms with Gasteiger partial charge in [-0.1, -0.05) is 18.2 Å². The van der Waals surface area contributed by atoms with Crippen LogP contribution in [0.4, 0.5) is 0 Å². The predicted molar refractivity (Wildman–Crippen MR) is 81.6 cm³/mol. The Bertz CT molecular complexity index is 781. The molecule has 0 atom stereocenters. The van der Waals surface area contributed by atoms with Crippen LogP contribution in [0.1, 0.15) is 16.2 Å². The molecular weight excluding hydrogens is 300 g/mol. The summed E-state index contributed by atoms with van der Waals surface area (Å²) in [5.74, 6) is -1.30. The summed E-state index contributed by atoms with van der Waals surface area (Å²) in [6.07, 6.45) is 5.00. The fraction of sp³-hybridized carbons (Fsp3) is 0.0667. The molecule has 110 valence electrons. The van der Waals surface area contributed by atoms with Crippen molar-refractivity contribution >= 4 is 23.5 Å². The standard InChI is InChI=1S/C15H12N4O2S/c20-13(14(21)15-16-10-17-18-15)8-11-6-7-19(9-11)22-12-4-2-1-3-5-12/h1-7,9-10H,8H2,(H,16,17,18). The van der Waals surface area contributed by atoms with Crippen molar-refractivity contribution in [1.82, 2.24) is 19.2 Å². The lowest BCUT2D eigenvalue weighted by atomic mass is 10.1. The molecule has 1 N–H and O–H groups in total. The van der Waals surface area contributed by atoms with E-state index >= 15 is 0 Å². The van der Waals surface area contributed by atoms with Crippen LogP contribution in [0.5, 0.6) is 0 Å². The van der Waals surface area contributed by atoms with Gasteiger partial charge in [0, 0.05) is 23.7 Å². The fourth-order valence-corrected chi connectivity index (χ4v) is 2.72. The van der Waals surface area contributed by atoms with Gasteiger partial charge in [-0.05, 0) is 35.7 Å². The van der Waals surface area contributed by atoms with Crippen molar-refractivity contribution in [2.75, 3.05) is 0 Å². The van der Waals surface area contributed by atoms with E-state index in [0.29, 0.717) is 0 Å². The largest absolute Gasteiger partial charge is 0.295 e. The Labute approximate surface area is 130 Å². The Hall–Kier alpha value is -2.67. The van der Waals surface area contributed by atoms with Gasteiger partial charge in [0.25, 0.3) is 5.78 Å². The molecule has 2 aromatic heterocycles. The summed E-state index contributed by atoms with van der Waals surface area (Å²) in [5, 5.41) is 6.04. The average molecular weight is 312 g/mol. The van der Waals surface area contributed by atoms with Crippen LogP contribution in [0.3, 0.4) is 0 Å². The van der Waals surface area contributed by atoms with Crippen LogP contribution < -0.4 is 0 Å². The summed E-state index contributed by atoms with van der Waals surface area (Å²) in [7, 11) is 0. The maximum absolute atomic E-state index is 11.9. The molecule has 0 unspecified atom stereocenters. The number of hydrogen-bond donors (Lipinski definition) is 1. The summed E-state index contributed by atoms with van der Waals surface area (Å²) < 4.78 is 1.90. The summed E-state index contributed by atoms with van der Waals surface area (Å²) in [6, 6.07) is 11.7. The molecular formula is C15H12N4O2S. The van der Waals surface area contributed by atoms with Crippen molar-refractivity contribution in [2.45, 2.75) is 11.3 Å². The molecule has 3 aromatic rings. The Morgan fingerprint density at radius 3 is 2.73 bits per heavy atom. The third-order valence-corrected chi connectivity index (χ3v) is 3.84. The number of nitrogens with one attached hydrogen (secondary N) is 1. The number of ketones is 2. The Morgan fingerprint density at radius 2 is 2.00 bits per heavy atom. The van der Waals surface area contributed by atoms with Gasteiger partial charge in [-0.3, -0.25) is 18.7 Å². The summed E-state index contributed by atoms with van der Waals surface area (Å²) in [5.41, 5.74) is 0.775. The lowest BCUT2D eigenvalue weighted by Crippen LogP contribution is -2.17. The Kier molecular flexibility index (Phi) is 4.15. The maximum atomic E-state index is 11.9. The van der Waals surface area contributed by atoms with Gasteiger partial charge < -0.3 is 0 Å². The zero-order valence-electron chi connectivity index (χ0n) is 11.5. The molecule has 22 heavy (non-hydrogen) atoms. The molecule has 1 aromatic carbocycles. The summed E-state index contributed by atoms with van der Waals surface area (Å²) in [4.78, 5) is 28.5. The van der Waals surface area contributed by atoms with E-state index in [4.69, 9.17) is 0 Å². The molecule has 0 spiro atoms. The monoisotopic (exact) mass is 312 g/mol. The number of hydrogen-bond acceptors (Lipinski definition) is 5. The first-order chi connectivity index (χ1) is 10.7. The van der Waals surface area contributed by atoms with E-state index < -0.39 is 11.6 Å². The fourth-order valence-electron chi connectivity index (χ4n) is 1.89. The molecule has 0 amide bonds. The van der Waals surface area contributed by atoms with E-state index in [1.807, 2.05) is 52.8 Å². The van der Waals surface area contributed by atoms with Gasteiger partial charge >= 0.3 is 0 Å². The van der Waals surface area contributed by atoms with Gasteiger partial charge in [0.05, 0.1) is 0 Å². The van der Waals surface area contributed by atoms with Crippen molar-refractivity contribution in [3.05, 3.63) is 66.5 Å². The van der Waals surface area contributed by atoms with E-state index in [1.165, 1.54) is 18.3 Å². The third-order valence-electron chi connectivity index (χ3n) is 2.92. The van der Waals surface area contributed by atoms with Crippen LogP contribution in [0, 0.1) is 0 Å². The van der Waals surface area contributed by atoms with Crippen molar-refractivity contribution in [1.29, 1.82) is 0 Å². The second kappa shape index (κ2) is 6.40. The van der Waals surface area contributed by atoms with Crippen LogP contribution >= 0.6 is 11.9 Å². The quantitative estimate of drug-likeness (QED) is 0.557. The second-order valence-corrected chi connectivity index (χ2v) is 5.61. The first-order valence-corrected chi connectivity index (χ1v) is 7.33. The molecule has 0 aliphatic heterocycles. The molecule has 0 fully saturated rings. The smallest absolute Gasteiger partial charge is 0.267 e. The minimum absolute atomic E-state index is 0.0374. The number of carbonyl (C=O) groups is 2. The minimum Gasteiger partial charge on any atom is -0.295 e. The number of carbonyl (C=O) groups excluding carboxylic acids is 2. The van der Waals surface area contributed by atoms with E-state index in [2.05, 4.69) is 15.2 Å². The van der Waals surface area contributed by atoms with Gasteiger partial charge in [0.1, 0.15) is 6.33 Å². The third kappa shape index (κ3) is 3.32. The normalized spacial score (nSPS) is 10.5. The molecule has 0 bridgehead atoms. The second-order valence-electron chi connectivity index (χ2n) is 4.54. The number of H-pyrrole nitrogens is 1. The first-order valence-electron chi connectivity index (χ1n) is 6.56. The number of aromatic nitrogens is 4. The molecule has 3 rings (SSSR count). The highest BCUT2D eigenvalue weighted by molar-refractivity contribution is 7.97. The first kappa shape index (κ1) is 14.3. The zero-order chi connectivity index (χ0) is 15.4. The molecule has 0 radical (unpaired) electrons. The van der Waals surface area contributed by atoms with Crippen molar-refractivity contribution in [3.63, 3.8) is 0 Å². The molecule has 6 nitrogen and oxygen atoms in total. The number of nitrogens with zero attached hydrogens (tertiary/aromatic N) is 3. The molecule has 2 heterocycles. The molecule has 0 aliphatic rings. The SMILES string of the molecule is O=C(Cc1ccn(Sc2ccccc2)c1)C(=O)c1nc[nH]n1. The zero-order valence-corrected chi connectivity index (χ0v) is 12.3. The maximum Gasteiger partial charge on any atom is 0.267 e. The topological polar surface area (TPSA) is 80.6 Å². The van der Waals surface area contributed by atoms with Crippen molar-refractivity contribution in [3.8, 4) is 0 Å². The molecule has 0 saturated heterocycles. The van der Waals surface area contributed by atoms with E-state index in [1.54, 1.807) is 0 Å². The lowest BCUT2D eigenvalue weighted by Gasteiger charge is -2.00. The molecule has 7 heteroatoms. The number of benzene rings is 1. The van der Waals surface area contributed by atoms with Crippen LogP contribution in [-0.2, 0) is 11.2 Å². The summed E-state index contributed by atoms with van der Waals surface area (Å²) in [6.45, 7) is 0. The van der Waals surface area contributed by atoms with E-state index in [9.17, 15) is 9.59 Å². The minimum atomic E-state index is -0.676. The van der Waals surface area contributed by atoms with Crippen LogP contribution in [0.2, 0.25) is 0 Å². The average Bonchev–Trinajstić information content (AvgIpc) is 3.19. The van der Waals surface area contributed by atoms with E-state index in [0.717, 1.165) is 10.5 Å². The van der Waals surface area contributed by atoms with Crippen molar-refractivity contribution < 1.29 is 9.59 Å². The molecule has 0 saturated carbocycles. The highest BCUT2D eigenvalue weighted by Gasteiger charge is 2.20. The number of rotatable bonds is 6. The number of Topliss-reactive ketones (excluding diaryl/α,β-unsaturated/α-hetero) is 2. The molecule has 0 aliphatic carbocycles. The van der Waals surface area contributed by atoms with Gasteiger partial charge in [-0.2, -0.15) is 0 Å². The Balaban J connectivity index is 1.64. The van der Waals surface area contributed by atoms with Crippen LogP contribution in [-0.4, -0.2) is 30.7 Å². The van der Waals surface area contributed by atoms with Crippen LogP contribution in [0.15, 0.2) is 60.0 Å². The van der Waals surface area contributed by atoms with Gasteiger partial charge in [-0.25, -0.2) is 4.98 Å². The van der Waals surface area contributed by atoms with Gasteiger partial charge in [-0.15, -0.1) is 5.10 Å². The lowest BCUT2D eigenvalue weighted by molar-refractivity contribution is -0.114. The highest BCUT2D eigenvalue weighted by atomic mass is 32.2. The number of aromatic amines is 1.